The molecular weight excluding hydrogens is 508 g/mol. The SMILES string of the molecule is O=C(CCC(F)(F)F)NC(c1cnn2cc(CNC(=O)c3ccn(CCC(F)(F)F)n3)nc2c1)C1CC1. The third kappa shape index (κ3) is 7.67. The molecule has 0 spiro atoms. The Balaban J connectivity index is 1.36. The molecular formula is C22H23F6N7O2. The van der Waals surface area contributed by atoms with Crippen molar-refractivity contribution in [2.75, 3.05) is 0 Å². The molecule has 1 unspecified atom stereocenters. The Bertz CT molecular complexity index is 1260. The van der Waals surface area contributed by atoms with Crippen molar-refractivity contribution in [3.05, 3.63) is 47.7 Å². The number of fused-ring (bicyclic) bond motifs is 1. The summed E-state index contributed by atoms with van der Waals surface area (Å²) in [4.78, 5) is 28.8. The highest BCUT2D eigenvalue weighted by Crippen LogP contribution is 2.41. The third-order valence-corrected chi connectivity index (χ3v) is 5.72. The average Bonchev–Trinajstić information content (AvgIpc) is 3.39. The van der Waals surface area contributed by atoms with E-state index in [1.807, 2.05) is 0 Å². The predicted molar refractivity (Wildman–Crippen MR) is 116 cm³/mol. The number of carbonyl (C=O) groups is 2. The Hall–Kier alpha value is -3.65. The number of nitrogens with zero attached hydrogens (tertiary/aromatic N) is 5. The number of alkyl halides is 6. The van der Waals surface area contributed by atoms with Gasteiger partial charge in [-0.1, -0.05) is 0 Å². The maximum atomic E-state index is 12.4. The van der Waals surface area contributed by atoms with Crippen LogP contribution in [0.25, 0.3) is 5.65 Å². The molecule has 0 bridgehead atoms. The van der Waals surface area contributed by atoms with Gasteiger partial charge >= 0.3 is 12.4 Å². The second-order valence-corrected chi connectivity index (χ2v) is 8.83. The molecule has 4 rings (SSSR count). The molecule has 37 heavy (non-hydrogen) atoms. The van der Waals surface area contributed by atoms with Crippen molar-refractivity contribution >= 4 is 17.5 Å². The molecule has 200 valence electrons. The van der Waals surface area contributed by atoms with Crippen LogP contribution in [0, 0.1) is 5.92 Å². The summed E-state index contributed by atoms with van der Waals surface area (Å²) < 4.78 is 76.8. The lowest BCUT2D eigenvalue weighted by Crippen LogP contribution is -2.30. The first-order chi connectivity index (χ1) is 17.4. The van der Waals surface area contributed by atoms with Gasteiger partial charge in [0.2, 0.25) is 5.91 Å². The summed E-state index contributed by atoms with van der Waals surface area (Å²) >= 11 is 0. The topological polar surface area (TPSA) is 106 Å². The van der Waals surface area contributed by atoms with Crippen LogP contribution in [0.2, 0.25) is 0 Å². The van der Waals surface area contributed by atoms with E-state index in [4.69, 9.17) is 0 Å². The smallest absolute Gasteiger partial charge is 0.349 e. The van der Waals surface area contributed by atoms with E-state index in [0.717, 1.165) is 17.5 Å². The van der Waals surface area contributed by atoms with Gasteiger partial charge in [0, 0.05) is 19.2 Å². The Morgan fingerprint density at radius 2 is 1.84 bits per heavy atom. The molecule has 3 aromatic rings. The summed E-state index contributed by atoms with van der Waals surface area (Å²) in [7, 11) is 0. The summed E-state index contributed by atoms with van der Waals surface area (Å²) in [6, 6.07) is 2.50. The van der Waals surface area contributed by atoms with E-state index >= 15 is 0 Å². The zero-order valence-electron chi connectivity index (χ0n) is 19.3. The van der Waals surface area contributed by atoms with Crippen LogP contribution in [0.3, 0.4) is 0 Å². The van der Waals surface area contributed by atoms with Crippen LogP contribution in [-0.2, 0) is 17.9 Å². The molecule has 0 aliphatic heterocycles. The number of aromatic nitrogens is 5. The number of halogens is 6. The lowest BCUT2D eigenvalue weighted by molar-refractivity contribution is -0.144. The second-order valence-electron chi connectivity index (χ2n) is 8.83. The number of carbonyl (C=O) groups excluding carboxylic acids is 2. The molecule has 0 radical (unpaired) electrons. The van der Waals surface area contributed by atoms with Gasteiger partial charge in [-0.3, -0.25) is 14.3 Å². The highest BCUT2D eigenvalue weighted by atomic mass is 19.4. The number of aryl methyl sites for hydroxylation is 1. The molecule has 0 aromatic carbocycles. The first-order valence-corrected chi connectivity index (χ1v) is 11.4. The van der Waals surface area contributed by atoms with Crippen LogP contribution in [-0.4, -0.2) is 48.5 Å². The first kappa shape index (κ1) is 26.4. The fourth-order valence-electron chi connectivity index (χ4n) is 3.71. The Morgan fingerprint density at radius 3 is 2.51 bits per heavy atom. The monoisotopic (exact) mass is 531 g/mol. The number of imidazole rings is 1. The molecule has 2 N–H and O–H groups in total. The van der Waals surface area contributed by atoms with E-state index in [0.29, 0.717) is 16.9 Å². The van der Waals surface area contributed by atoms with E-state index in [1.165, 1.54) is 23.0 Å². The molecule has 1 fully saturated rings. The van der Waals surface area contributed by atoms with Crippen LogP contribution in [0.4, 0.5) is 26.3 Å². The van der Waals surface area contributed by atoms with Gasteiger partial charge in [-0.25, -0.2) is 9.50 Å². The van der Waals surface area contributed by atoms with Crippen molar-refractivity contribution in [3.8, 4) is 0 Å². The van der Waals surface area contributed by atoms with Crippen molar-refractivity contribution in [3.63, 3.8) is 0 Å². The van der Waals surface area contributed by atoms with Gasteiger partial charge in [0.25, 0.3) is 5.91 Å². The first-order valence-electron chi connectivity index (χ1n) is 11.4. The van der Waals surface area contributed by atoms with Gasteiger partial charge in [-0.05, 0) is 36.5 Å². The number of rotatable bonds is 10. The summed E-state index contributed by atoms with van der Waals surface area (Å²) in [6.07, 6.45) is -5.65. The minimum atomic E-state index is -4.41. The zero-order valence-corrected chi connectivity index (χ0v) is 19.3. The van der Waals surface area contributed by atoms with E-state index in [1.54, 1.807) is 12.3 Å². The number of hydrogen-bond acceptors (Lipinski definition) is 5. The Kier molecular flexibility index (Phi) is 7.41. The normalized spacial score (nSPS) is 15.1. The van der Waals surface area contributed by atoms with Gasteiger partial charge in [0.1, 0.15) is 5.69 Å². The predicted octanol–water partition coefficient (Wildman–Crippen LogP) is 3.72. The minimum absolute atomic E-state index is 0.00678. The van der Waals surface area contributed by atoms with Crippen LogP contribution in [0.15, 0.2) is 30.7 Å². The largest absolute Gasteiger partial charge is 0.390 e. The fraction of sp³-hybridized carbons (Fsp3) is 0.500. The van der Waals surface area contributed by atoms with Crippen LogP contribution < -0.4 is 10.6 Å². The highest BCUT2D eigenvalue weighted by molar-refractivity contribution is 5.92. The van der Waals surface area contributed by atoms with Gasteiger partial charge < -0.3 is 10.6 Å². The van der Waals surface area contributed by atoms with Crippen molar-refractivity contribution in [2.24, 2.45) is 5.92 Å². The molecule has 1 saturated carbocycles. The molecule has 2 amide bonds. The highest BCUT2D eigenvalue weighted by Gasteiger charge is 2.35. The second kappa shape index (κ2) is 10.4. The van der Waals surface area contributed by atoms with Crippen LogP contribution in [0.1, 0.15) is 59.9 Å². The van der Waals surface area contributed by atoms with Gasteiger partial charge in [-0.15, -0.1) is 0 Å². The van der Waals surface area contributed by atoms with E-state index < -0.39 is 56.0 Å². The lowest BCUT2D eigenvalue weighted by Gasteiger charge is -2.19. The van der Waals surface area contributed by atoms with Gasteiger partial charge in [0.05, 0.1) is 43.5 Å². The molecule has 3 heterocycles. The number of amides is 2. The van der Waals surface area contributed by atoms with E-state index in [-0.39, 0.29) is 18.2 Å². The van der Waals surface area contributed by atoms with Gasteiger partial charge in [0.15, 0.2) is 5.65 Å². The lowest BCUT2D eigenvalue weighted by atomic mass is 10.0. The van der Waals surface area contributed by atoms with Crippen LogP contribution in [0.5, 0.6) is 0 Å². The molecule has 1 aliphatic carbocycles. The molecule has 3 aromatic heterocycles. The maximum absolute atomic E-state index is 12.4. The Labute approximate surface area is 206 Å². The molecule has 0 saturated heterocycles. The summed E-state index contributed by atoms with van der Waals surface area (Å²) in [5, 5.41) is 13.4. The number of hydrogen-bond donors (Lipinski definition) is 2. The molecule has 1 atom stereocenters. The zero-order chi connectivity index (χ0) is 26.8. The Morgan fingerprint density at radius 1 is 1.11 bits per heavy atom. The molecule has 1 aliphatic rings. The van der Waals surface area contributed by atoms with Gasteiger partial charge in [-0.2, -0.15) is 36.5 Å². The van der Waals surface area contributed by atoms with Crippen LogP contribution >= 0.6 is 0 Å². The average molecular weight is 531 g/mol. The van der Waals surface area contributed by atoms with Crippen molar-refractivity contribution in [1.82, 2.24) is 35.0 Å². The third-order valence-electron chi connectivity index (χ3n) is 5.72. The summed E-state index contributed by atoms with van der Waals surface area (Å²) in [5.74, 6) is -1.18. The maximum Gasteiger partial charge on any atom is 0.390 e. The summed E-state index contributed by atoms with van der Waals surface area (Å²) in [6.45, 7) is -0.408. The van der Waals surface area contributed by atoms with Crippen molar-refractivity contribution in [2.45, 2.75) is 63.6 Å². The van der Waals surface area contributed by atoms with E-state index in [2.05, 4.69) is 25.8 Å². The minimum Gasteiger partial charge on any atom is -0.349 e. The summed E-state index contributed by atoms with van der Waals surface area (Å²) in [5.41, 5.74) is 1.42. The fourth-order valence-corrected chi connectivity index (χ4v) is 3.71. The quantitative estimate of drug-likeness (QED) is 0.388. The van der Waals surface area contributed by atoms with Crippen molar-refractivity contribution < 1.29 is 35.9 Å². The van der Waals surface area contributed by atoms with Crippen molar-refractivity contribution in [1.29, 1.82) is 0 Å². The molecule has 15 heteroatoms. The standard InChI is InChI=1S/C22H23F6N7O2/c23-21(24,25)5-3-18(36)32-19(13-1-2-13)14-9-17-31-15(12-35(17)30-10-14)11-29-20(37)16-4-7-34(33-16)8-6-22(26,27)28/h4,7,9-10,12-13,19H,1-3,5-6,8,11H2,(H,29,37)(H,32,36). The molecule has 9 nitrogen and oxygen atoms in total. The van der Waals surface area contributed by atoms with E-state index in [9.17, 15) is 35.9 Å². The number of nitrogens with one attached hydrogen (secondary N) is 2.